The highest BCUT2D eigenvalue weighted by Gasteiger charge is 2.26. The highest BCUT2D eigenvalue weighted by molar-refractivity contribution is 6.31. The van der Waals surface area contributed by atoms with E-state index in [4.69, 9.17) is 16.3 Å². The SMILES string of the molecule is CNC(c1cc(C)c(F)cc1Cl)C1CCCOC1. The van der Waals surface area contributed by atoms with Crippen LogP contribution >= 0.6 is 11.6 Å². The van der Waals surface area contributed by atoms with Crippen LogP contribution in [0.5, 0.6) is 0 Å². The molecule has 1 aromatic carbocycles. The van der Waals surface area contributed by atoms with E-state index in [1.807, 2.05) is 13.1 Å². The molecule has 2 nitrogen and oxygen atoms in total. The van der Waals surface area contributed by atoms with Crippen LogP contribution < -0.4 is 5.32 Å². The number of hydrogen-bond acceptors (Lipinski definition) is 2. The smallest absolute Gasteiger partial charge is 0.127 e. The normalized spacial score (nSPS) is 21.9. The van der Waals surface area contributed by atoms with Gasteiger partial charge in [0.25, 0.3) is 0 Å². The van der Waals surface area contributed by atoms with E-state index in [1.54, 1.807) is 6.92 Å². The summed E-state index contributed by atoms with van der Waals surface area (Å²) < 4.78 is 19.0. The van der Waals surface area contributed by atoms with Crippen LogP contribution in [0, 0.1) is 18.7 Å². The van der Waals surface area contributed by atoms with E-state index in [9.17, 15) is 4.39 Å². The van der Waals surface area contributed by atoms with Gasteiger partial charge in [-0.2, -0.15) is 0 Å². The molecule has 2 unspecified atom stereocenters. The Morgan fingerprint density at radius 2 is 2.28 bits per heavy atom. The predicted molar refractivity (Wildman–Crippen MR) is 71.5 cm³/mol. The van der Waals surface area contributed by atoms with E-state index in [0.717, 1.165) is 31.6 Å². The van der Waals surface area contributed by atoms with Crippen molar-refractivity contribution in [3.8, 4) is 0 Å². The molecule has 1 saturated heterocycles. The number of ether oxygens (including phenoxy) is 1. The van der Waals surface area contributed by atoms with Gasteiger partial charge in [0.15, 0.2) is 0 Å². The molecule has 0 radical (unpaired) electrons. The molecule has 0 aromatic heterocycles. The monoisotopic (exact) mass is 271 g/mol. The average Bonchev–Trinajstić information content (AvgIpc) is 2.38. The Labute approximate surface area is 112 Å². The zero-order chi connectivity index (χ0) is 13.1. The van der Waals surface area contributed by atoms with Crippen molar-refractivity contribution in [1.82, 2.24) is 5.32 Å². The van der Waals surface area contributed by atoms with Crippen molar-refractivity contribution in [2.45, 2.75) is 25.8 Å². The van der Waals surface area contributed by atoms with E-state index in [1.165, 1.54) is 6.07 Å². The lowest BCUT2D eigenvalue weighted by Crippen LogP contribution is -2.31. The maximum atomic E-state index is 13.4. The third-order valence-corrected chi connectivity index (χ3v) is 3.92. The number of halogens is 2. The molecule has 0 bridgehead atoms. The fraction of sp³-hybridized carbons (Fsp3) is 0.571. The largest absolute Gasteiger partial charge is 0.381 e. The molecular weight excluding hydrogens is 253 g/mol. The third kappa shape index (κ3) is 2.85. The van der Waals surface area contributed by atoms with Crippen LogP contribution in [-0.4, -0.2) is 20.3 Å². The zero-order valence-corrected chi connectivity index (χ0v) is 11.6. The Bertz CT molecular complexity index is 419. The van der Waals surface area contributed by atoms with Crippen LogP contribution in [0.4, 0.5) is 4.39 Å². The minimum Gasteiger partial charge on any atom is -0.381 e. The quantitative estimate of drug-likeness (QED) is 0.909. The van der Waals surface area contributed by atoms with Gasteiger partial charge in [0.2, 0.25) is 0 Å². The van der Waals surface area contributed by atoms with Crippen molar-refractivity contribution in [2.24, 2.45) is 5.92 Å². The molecule has 18 heavy (non-hydrogen) atoms. The van der Waals surface area contributed by atoms with Gasteiger partial charge in [-0.1, -0.05) is 17.7 Å². The number of rotatable bonds is 3. The van der Waals surface area contributed by atoms with Gasteiger partial charge in [0, 0.05) is 23.6 Å². The molecule has 1 heterocycles. The number of benzene rings is 1. The lowest BCUT2D eigenvalue weighted by atomic mass is 9.88. The van der Waals surface area contributed by atoms with E-state index >= 15 is 0 Å². The summed E-state index contributed by atoms with van der Waals surface area (Å²) in [6.07, 6.45) is 2.18. The van der Waals surface area contributed by atoms with Gasteiger partial charge < -0.3 is 10.1 Å². The van der Waals surface area contributed by atoms with Crippen molar-refractivity contribution in [3.05, 3.63) is 34.1 Å². The van der Waals surface area contributed by atoms with Gasteiger partial charge in [0.05, 0.1) is 6.61 Å². The number of nitrogens with one attached hydrogen (secondary N) is 1. The van der Waals surface area contributed by atoms with Crippen molar-refractivity contribution in [1.29, 1.82) is 0 Å². The number of hydrogen-bond donors (Lipinski definition) is 1. The minimum absolute atomic E-state index is 0.122. The molecule has 4 heteroatoms. The highest BCUT2D eigenvalue weighted by Crippen LogP contribution is 2.33. The molecular formula is C14H19ClFNO. The summed E-state index contributed by atoms with van der Waals surface area (Å²) in [4.78, 5) is 0. The van der Waals surface area contributed by atoms with Gasteiger partial charge >= 0.3 is 0 Å². The van der Waals surface area contributed by atoms with Crippen molar-refractivity contribution in [3.63, 3.8) is 0 Å². The van der Waals surface area contributed by atoms with Crippen LogP contribution in [0.15, 0.2) is 12.1 Å². The molecule has 2 rings (SSSR count). The summed E-state index contributed by atoms with van der Waals surface area (Å²) in [5, 5.41) is 3.78. The minimum atomic E-state index is -0.251. The van der Waals surface area contributed by atoms with Crippen LogP contribution in [0.25, 0.3) is 0 Å². The Kier molecular flexibility index (Phi) is 4.60. The van der Waals surface area contributed by atoms with Gasteiger partial charge in [-0.3, -0.25) is 0 Å². The second-order valence-electron chi connectivity index (χ2n) is 4.87. The van der Waals surface area contributed by atoms with Crippen molar-refractivity contribution >= 4 is 11.6 Å². The molecule has 2 atom stereocenters. The summed E-state index contributed by atoms with van der Waals surface area (Å²) in [5.41, 5.74) is 1.60. The molecule has 0 saturated carbocycles. The molecule has 0 spiro atoms. The molecule has 1 fully saturated rings. The van der Waals surface area contributed by atoms with E-state index in [-0.39, 0.29) is 11.9 Å². The molecule has 1 N–H and O–H groups in total. The first-order valence-electron chi connectivity index (χ1n) is 6.34. The fourth-order valence-electron chi connectivity index (χ4n) is 2.59. The lowest BCUT2D eigenvalue weighted by Gasteiger charge is -2.31. The maximum Gasteiger partial charge on any atom is 0.127 e. The highest BCUT2D eigenvalue weighted by atomic mass is 35.5. The Morgan fingerprint density at radius 1 is 1.50 bits per heavy atom. The predicted octanol–water partition coefficient (Wildman–Crippen LogP) is 3.47. The van der Waals surface area contributed by atoms with Gasteiger partial charge in [-0.15, -0.1) is 0 Å². The third-order valence-electron chi connectivity index (χ3n) is 3.59. The van der Waals surface area contributed by atoms with Crippen molar-refractivity contribution < 1.29 is 9.13 Å². The lowest BCUT2D eigenvalue weighted by molar-refractivity contribution is 0.0402. The Balaban J connectivity index is 2.28. The summed E-state index contributed by atoms with van der Waals surface area (Å²) in [7, 11) is 1.91. The number of aryl methyl sites for hydroxylation is 1. The first-order valence-corrected chi connectivity index (χ1v) is 6.72. The zero-order valence-electron chi connectivity index (χ0n) is 10.8. The topological polar surface area (TPSA) is 21.3 Å². The molecule has 0 aliphatic carbocycles. The van der Waals surface area contributed by atoms with E-state index in [2.05, 4.69) is 5.32 Å². The van der Waals surface area contributed by atoms with Crippen LogP contribution in [0.1, 0.15) is 30.0 Å². The van der Waals surface area contributed by atoms with Crippen molar-refractivity contribution in [2.75, 3.05) is 20.3 Å². The summed E-state index contributed by atoms with van der Waals surface area (Å²) in [6.45, 7) is 3.33. The maximum absolute atomic E-state index is 13.4. The van der Waals surface area contributed by atoms with Crippen LogP contribution in [-0.2, 0) is 4.74 Å². The first-order chi connectivity index (χ1) is 8.63. The Hall–Kier alpha value is -0.640. The second kappa shape index (κ2) is 6.00. The van der Waals surface area contributed by atoms with Gasteiger partial charge in [0.1, 0.15) is 5.82 Å². The second-order valence-corrected chi connectivity index (χ2v) is 5.27. The molecule has 100 valence electrons. The van der Waals surface area contributed by atoms with Crippen LogP contribution in [0.2, 0.25) is 5.02 Å². The summed E-state index contributed by atoms with van der Waals surface area (Å²) in [5.74, 6) is 0.143. The summed E-state index contributed by atoms with van der Waals surface area (Å²) in [6, 6.07) is 3.37. The molecule has 1 aliphatic heterocycles. The molecule has 1 aromatic rings. The summed E-state index contributed by atoms with van der Waals surface area (Å²) >= 11 is 6.17. The Morgan fingerprint density at radius 3 is 2.89 bits per heavy atom. The van der Waals surface area contributed by atoms with Gasteiger partial charge in [-0.25, -0.2) is 4.39 Å². The first kappa shape index (κ1) is 13.8. The average molecular weight is 272 g/mol. The van der Waals surface area contributed by atoms with Crippen LogP contribution in [0.3, 0.4) is 0 Å². The van der Waals surface area contributed by atoms with E-state index < -0.39 is 0 Å². The van der Waals surface area contributed by atoms with E-state index in [0.29, 0.717) is 16.5 Å². The standard InChI is InChI=1S/C14H19ClFNO/c1-9-6-11(12(15)7-13(9)16)14(17-2)10-4-3-5-18-8-10/h6-7,10,14,17H,3-5,8H2,1-2H3. The molecule has 0 amide bonds. The van der Waals surface area contributed by atoms with Gasteiger partial charge in [-0.05, 0) is 44.0 Å². The fourth-order valence-corrected chi connectivity index (χ4v) is 2.86. The molecule has 1 aliphatic rings.